The quantitative estimate of drug-likeness (QED) is 0.850. The highest BCUT2D eigenvalue weighted by molar-refractivity contribution is 7.92. The number of rotatable bonds is 6. The number of nitrogens with zero attached hydrogens (tertiary/aromatic N) is 1. The second-order valence-corrected chi connectivity index (χ2v) is 6.37. The van der Waals surface area contributed by atoms with Gasteiger partial charge in [-0.25, -0.2) is 8.42 Å². The van der Waals surface area contributed by atoms with Gasteiger partial charge in [-0.15, -0.1) is 0 Å². The van der Waals surface area contributed by atoms with E-state index in [4.69, 9.17) is 4.74 Å². The molecule has 0 fully saturated rings. The van der Waals surface area contributed by atoms with E-state index in [1.54, 1.807) is 31.3 Å². The fourth-order valence-corrected chi connectivity index (χ4v) is 2.08. The van der Waals surface area contributed by atoms with Gasteiger partial charge in [0.2, 0.25) is 10.0 Å². The summed E-state index contributed by atoms with van der Waals surface area (Å²) in [5.74, 6) is 0.330. The average Bonchev–Trinajstić information content (AvgIpc) is 2.42. The fraction of sp³-hybridized carbons (Fsp3) is 0.462. The molecule has 0 unspecified atom stereocenters. The number of benzene rings is 1. The van der Waals surface area contributed by atoms with Crippen molar-refractivity contribution in [2.45, 2.75) is 19.4 Å². The number of carbonyl (C=O) groups is 1. The molecule has 0 radical (unpaired) electrons. The Morgan fingerprint density at radius 1 is 1.35 bits per heavy atom. The van der Waals surface area contributed by atoms with Crippen molar-refractivity contribution in [2.24, 2.45) is 0 Å². The number of nitrogens with one attached hydrogen (secondary N) is 1. The van der Waals surface area contributed by atoms with E-state index >= 15 is 0 Å². The summed E-state index contributed by atoms with van der Waals surface area (Å²) >= 11 is 0. The Morgan fingerprint density at radius 3 is 2.30 bits per heavy atom. The third-order valence-corrected chi connectivity index (χ3v) is 4.09. The van der Waals surface area contributed by atoms with Crippen LogP contribution in [0.25, 0.3) is 0 Å². The number of hydrogen-bond donors (Lipinski definition) is 1. The van der Waals surface area contributed by atoms with Gasteiger partial charge < -0.3 is 10.1 Å². The molecule has 0 aliphatic rings. The van der Waals surface area contributed by atoms with Crippen LogP contribution in [0.15, 0.2) is 24.3 Å². The van der Waals surface area contributed by atoms with E-state index in [9.17, 15) is 13.2 Å². The fourth-order valence-electron chi connectivity index (χ4n) is 1.57. The first-order valence-corrected chi connectivity index (χ1v) is 8.06. The van der Waals surface area contributed by atoms with Crippen molar-refractivity contribution >= 4 is 21.6 Å². The lowest BCUT2D eigenvalue weighted by molar-refractivity contribution is -0.127. The Hall–Kier alpha value is -1.76. The molecule has 1 atom stereocenters. The zero-order chi connectivity index (χ0) is 15.3. The first kappa shape index (κ1) is 16.3. The standard InChI is InChI=1S/C13H20N2O4S/c1-5-12(13(16)14-2)19-11-8-6-10(7-9-11)15(3)20(4,17)18/h6-9,12H,5H2,1-4H3,(H,14,16)/t12-/m0/s1. The predicted octanol–water partition coefficient (Wildman–Crippen LogP) is 0.986. The number of carbonyl (C=O) groups excluding carboxylic acids is 1. The molecule has 0 aliphatic heterocycles. The van der Waals surface area contributed by atoms with Crippen LogP contribution in [0.5, 0.6) is 5.75 Å². The molecule has 6 nitrogen and oxygen atoms in total. The zero-order valence-corrected chi connectivity index (χ0v) is 12.9. The Bertz CT molecular complexity index is 554. The van der Waals surface area contributed by atoms with Crippen molar-refractivity contribution in [2.75, 3.05) is 24.7 Å². The van der Waals surface area contributed by atoms with Crippen molar-refractivity contribution in [3.63, 3.8) is 0 Å². The topological polar surface area (TPSA) is 75.7 Å². The molecule has 0 saturated heterocycles. The lowest BCUT2D eigenvalue weighted by Gasteiger charge is -2.19. The Labute approximate surface area is 119 Å². The van der Waals surface area contributed by atoms with E-state index in [1.807, 2.05) is 6.92 Å². The molecule has 20 heavy (non-hydrogen) atoms. The summed E-state index contributed by atoms with van der Waals surface area (Å²) in [7, 11) is -0.255. The first-order chi connectivity index (χ1) is 9.29. The summed E-state index contributed by atoms with van der Waals surface area (Å²) in [6, 6.07) is 6.55. The van der Waals surface area contributed by atoms with Crippen molar-refractivity contribution < 1.29 is 17.9 Å². The van der Waals surface area contributed by atoms with Gasteiger partial charge in [0.05, 0.1) is 11.9 Å². The maximum Gasteiger partial charge on any atom is 0.260 e. The van der Waals surface area contributed by atoms with Crippen molar-refractivity contribution in [3.8, 4) is 5.75 Å². The second-order valence-electron chi connectivity index (χ2n) is 4.35. The number of sulfonamides is 1. The van der Waals surface area contributed by atoms with Crippen molar-refractivity contribution in [1.29, 1.82) is 0 Å². The van der Waals surface area contributed by atoms with Crippen molar-refractivity contribution in [1.82, 2.24) is 5.32 Å². The number of ether oxygens (including phenoxy) is 1. The number of amides is 1. The Balaban J connectivity index is 2.84. The van der Waals surface area contributed by atoms with Crippen LogP contribution in [0, 0.1) is 0 Å². The van der Waals surface area contributed by atoms with Crippen LogP contribution in [-0.4, -0.2) is 40.8 Å². The molecule has 0 aromatic heterocycles. The maximum atomic E-state index is 11.5. The summed E-state index contributed by atoms with van der Waals surface area (Å²) in [6.07, 6.45) is 1.12. The molecule has 0 heterocycles. The molecular weight excluding hydrogens is 280 g/mol. The minimum Gasteiger partial charge on any atom is -0.481 e. The van der Waals surface area contributed by atoms with Crippen LogP contribution in [-0.2, 0) is 14.8 Å². The third-order valence-electron chi connectivity index (χ3n) is 2.89. The molecule has 112 valence electrons. The van der Waals surface area contributed by atoms with Gasteiger partial charge in [0.25, 0.3) is 5.91 Å². The second kappa shape index (κ2) is 6.60. The number of hydrogen-bond acceptors (Lipinski definition) is 4. The van der Waals surface area contributed by atoms with Crippen LogP contribution in [0.3, 0.4) is 0 Å². The molecule has 0 spiro atoms. The molecule has 1 aromatic rings. The molecule has 1 amide bonds. The van der Waals surface area contributed by atoms with E-state index in [0.29, 0.717) is 17.9 Å². The van der Waals surface area contributed by atoms with Crippen LogP contribution in [0.4, 0.5) is 5.69 Å². The molecule has 1 N–H and O–H groups in total. The monoisotopic (exact) mass is 300 g/mol. The van der Waals surface area contributed by atoms with Gasteiger partial charge in [0.1, 0.15) is 5.75 Å². The van der Waals surface area contributed by atoms with Crippen LogP contribution >= 0.6 is 0 Å². The van der Waals surface area contributed by atoms with Gasteiger partial charge in [-0.3, -0.25) is 9.10 Å². The highest BCUT2D eigenvalue weighted by atomic mass is 32.2. The van der Waals surface area contributed by atoms with Gasteiger partial charge in [0, 0.05) is 14.1 Å². The van der Waals surface area contributed by atoms with Crippen LogP contribution in [0.2, 0.25) is 0 Å². The highest BCUT2D eigenvalue weighted by Gasteiger charge is 2.17. The van der Waals surface area contributed by atoms with Gasteiger partial charge >= 0.3 is 0 Å². The summed E-state index contributed by atoms with van der Waals surface area (Å²) in [5, 5.41) is 2.53. The predicted molar refractivity (Wildman–Crippen MR) is 78.5 cm³/mol. The van der Waals surface area contributed by atoms with E-state index < -0.39 is 16.1 Å². The third kappa shape index (κ3) is 4.12. The first-order valence-electron chi connectivity index (χ1n) is 6.21. The number of likely N-dealkylation sites (N-methyl/N-ethyl adjacent to an activating group) is 1. The smallest absolute Gasteiger partial charge is 0.260 e. The lowest BCUT2D eigenvalue weighted by Crippen LogP contribution is -2.35. The summed E-state index contributed by atoms with van der Waals surface area (Å²) in [5.41, 5.74) is 0.535. The SMILES string of the molecule is CC[C@H](Oc1ccc(N(C)S(C)(=O)=O)cc1)C(=O)NC. The molecule has 0 aliphatic carbocycles. The molecule has 1 rings (SSSR count). The van der Waals surface area contributed by atoms with E-state index in [0.717, 1.165) is 6.26 Å². The van der Waals surface area contributed by atoms with Gasteiger partial charge in [-0.2, -0.15) is 0 Å². The average molecular weight is 300 g/mol. The Morgan fingerprint density at radius 2 is 1.90 bits per heavy atom. The van der Waals surface area contributed by atoms with E-state index in [-0.39, 0.29) is 5.91 Å². The summed E-state index contributed by atoms with van der Waals surface area (Å²) < 4.78 is 29.6. The zero-order valence-electron chi connectivity index (χ0n) is 12.1. The maximum absolute atomic E-state index is 11.5. The molecule has 7 heteroatoms. The van der Waals surface area contributed by atoms with E-state index in [2.05, 4.69) is 5.32 Å². The highest BCUT2D eigenvalue weighted by Crippen LogP contribution is 2.21. The summed E-state index contributed by atoms with van der Waals surface area (Å²) in [4.78, 5) is 11.5. The van der Waals surface area contributed by atoms with Crippen LogP contribution in [0.1, 0.15) is 13.3 Å². The van der Waals surface area contributed by atoms with E-state index in [1.165, 1.54) is 11.4 Å². The van der Waals surface area contributed by atoms with Gasteiger partial charge in [-0.1, -0.05) is 6.92 Å². The molecular formula is C13H20N2O4S. The minimum absolute atomic E-state index is 0.190. The minimum atomic E-state index is -3.29. The lowest BCUT2D eigenvalue weighted by atomic mass is 10.2. The molecule has 0 bridgehead atoms. The largest absolute Gasteiger partial charge is 0.481 e. The normalized spacial score (nSPS) is 12.6. The van der Waals surface area contributed by atoms with Gasteiger partial charge in [-0.05, 0) is 30.7 Å². The van der Waals surface area contributed by atoms with Crippen LogP contribution < -0.4 is 14.4 Å². The number of anilines is 1. The van der Waals surface area contributed by atoms with Gasteiger partial charge in [0.15, 0.2) is 6.10 Å². The molecule has 1 aromatic carbocycles. The Kier molecular flexibility index (Phi) is 5.38. The summed E-state index contributed by atoms with van der Waals surface area (Å²) in [6.45, 7) is 1.85. The molecule has 0 saturated carbocycles. The van der Waals surface area contributed by atoms with Crippen molar-refractivity contribution in [3.05, 3.63) is 24.3 Å².